The third-order valence-electron chi connectivity index (χ3n) is 3.78. The van der Waals surface area contributed by atoms with Gasteiger partial charge < -0.3 is 10.6 Å². The topological polar surface area (TPSA) is 71.1 Å². The molecule has 2 amide bonds. The van der Waals surface area contributed by atoms with Gasteiger partial charge in [0.05, 0.1) is 12.1 Å². The Hall–Kier alpha value is -2.99. The smallest absolute Gasteiger partial charge is 0.231 e. The van der Waals surface area contributed by atoms with Gasteiger partial charge in [0.15, 0.2) is 0 Å². The van der Waals surface area contributed by atoms with Gasteiger partial charge in [-0.25, -0.2) is 4.98 Å². The molecular formula is C20H19N3O2S. The van der Waals surface area contributed by atoms with Crippen molar-refractivity contribution in [3.63, 3.8) is 0 Å². The van der Waals surface area contributed by atoms with Crippen LogP contribution >= 0.6 is 11.3 Å². The number of rotatable bonds is 5. The second-order valence-electron chi connectivity index (χ2n) is 5.92. The summed E-state index contributed by atoms with van der Waals surface area (Å²) in [7, 11) is 0. The predicted molar refractivity (Wildman–Crippen MR) is 105 cm³/mol. The highest BCUT2D eigenvalue weighted by atomic mass is 32.1. The molecule has 132 valence electrons. The Labute approximate surface area is 156 Å². The number of nitrogens with one attached hydrogen (secondary N) is 2. The number of carbonyl (C=O) groups is 2. The second kappa shape index (κ2) is 7.93. The molecule has 0 saturated carbocycles. The average Bonchev–Trinajstić information content (AvgIpc) is 3.05. The number of hydrogen-bond acceptors (Lipinski definition) is 4. The zero-order valence-electron chi connectivity index (χ0n) is 14.6. The van der Waals surface area contributed by atoms with Crippen LogP contribution in [0.1, 0.15) is 17.5 Å². The molecule has 5 nitrogen and oxygen atoms in total. The van der Waals surface area contributed by atoms with Crippen LogP contribution in [0, 0.1) is 6.92 Å². The van der Waals surface area contributed by atoms with E-state index in [1.54, 1.807) is 0 Å². The molecule has 3 aromatic rings. The molecular weight excluding hydrogens is 346 g/mol. The van der Waals surface area contributed by atoms with Crippen LogP contribution in [0.3, 0.4) is 0 Å². The number of anilines is 2. The number of hydrogen-bond donors (Lipinski definition) is 2. The van der Waals surface area contributed by atoms with E-state index in [2.05, 4.69) is 15.6 Å². The first-order valence-electron chi connectivity index (χ1n) is 8.19. The predicted octanol–water partition coefficient (Wildman–Crippen LogP) is 4.26. The number of nitrogens with zero attached hydrogens (tertiary/aromatic N) is 1. The van der Waals surface area contributed by atoms with Crippen LogP contribution in [-0.4, -0.2) is 16.8 Å². The largest absolute Gasteiger partial charge is 0.326 e. The fourth-order valence-electron chi connectivity index (χ4n) is 2.50. The number of thiazole rings is 1. The van der Waals surface area contributed by atoms with E-state index in [9.17, 15) is 9.59 Å². The molecule has 0 aliphatic rings. The molecule has 0 atom stereocenters. The van der Waals surface area contributed by atoms with Crippen LogP contribution in [0.4, 0.5) is 11.4 Å². The highest BCUT2D eigenvalue weighted by Crippen LogP contribution is 2.24. The summed E-state index contributed by atoms with van der Waals surface area (Å²) in [6.45, 7) is 3.43. The molecule has 2 aromatic carbocycles. The molecule has 0 saturated heterocycles. The Morgan fingerprint density at radius 3 is 2.46 bits per heavy atom. The Morgan fingerprint density at radius 2 is 1.77 bits per heavy atom. The van der Waals surface area contributed by atoms with Crippen molar-refractivity contribution in [3.05, 3.63) is 64.5 Å². The van der Waals surface area contributed by atoms with E-state index in [-0.39, 0.29) is 18.2 Å². The zero-order valence-corrected chi connectivity index (χ0v) is 15.4. The quantitative estimate of drug-likeness (QED) is 0.710. The standard InChI is InChI=1S/C20H19N3O2S/c1-13-5-3-4-6-17(13)22-19(25)11-20-23-18(12-26-20)15-7-9-16(10-8-15)21-14(2)24/h3-10,12H,11H2,1-2H3,(H,21,24)(H,22,25). The lowest BCUT2D eigenvalue weighted by molar-refractivity contribution is -0.116. The summed E-state index contributed by atoms with van der Waals surface area (Å²) < 4.78 is 0. The maximum atomic E-state index is 12.2. The van der Waals surface area contributed by atoms with Crippen LogP contribution in [0.15, 0.2) is 53.9 Å². The highest BCUT2D eigenvalue weighted by molar-refractivity contribution is 7.10. The van der Waals surface area contributed by atoms with E-state index < -0.39 is 0 Å². The lowest BCUT2D eigenvalue weighted by atomic mass is 10.1. The Morgan fingerprint density at radius 1 is 1.04 bits per heavy atom. The summed E-state index contributed by atoms with van der Waals surface area (Å²) in [5.74, 6) is -0.186. The van der Waals surface area contributed by atoms with Gasteiger partial charge in [0.25, 0.3) is 0 Å². The van der Waals surface area contributed by atoms with Crippen molar-refractivity contribution >= 4 is 34.5 Å². The van der Waals surface area contributed by atoms with E-state index in [1.165, 1.54) is 18.3 Å². The number of benzene rings is 2. The number of carbonyl (C=O) groups excluding carboxylic acids is 2. The number of aryl methyl sites for hydroxylation is 1. The number of para-hydroxylation sites is 1. The normalized spacial score (nSPS) is 10.4. The maximum Gasteiger partial charge on any atom is 0.231 e. The fraction of sp³-hybridized carbons (Fsp3) is 0.150. The lowest BCUT2D eigenvalue weighted by Gasteiger charge is -2.06. The van der Waals surface area contributed by atoms with Gasteiger partial charge in [0.2, 0.25) is 11.8 Å². The van der Waals surface area contributed by atoms with Crippen molar-refractivity contribution < 1.29 is 9.59 Å². The summed E-state index contributed by atoms with van der Waals surface area (Å²) in [6.07, 6.45) is 0.239. The Balaban J connectivity index is 1.65. The van der Waals surface area contributed by atoms with Crippen molar-refractivity contribution in [2.45, 2.75) is 20.3 Å². The molecule has 0 spiro atoms. The summed E-state index contributed by atoms with van der Waals surface area (Å²) in [5.41, 5.74) is 4.36. The van der Waals surface area contributed by atoms with Crippen LogP contribution in [0.5, 0.6) is 0 Å². The molecule has 0 unspecified atom stereocenters. The molecule has 3 rings (SSSR count). The van der Waals surface area contributed by atoms with Crippen molar-refractivity contribution in [2.24, 2.45) is 0 Å². The first kappa shape index (κ1) is 17.8. The van der Waals surface area contributed by atoms with Crippen molar-refractivity contribution in [2.75, 3.05) is 10.6 Å². The lowest BCUT2D eigenvalue weighted by Crippen LogP contribution is -2.14. The van der Waals surface area contributed by atoms with E-state index in [1.807, 2.05) is 60.8 Å². The molecule has 0 fully saturated rings. The maximum absolute atomic E-state index is 12.2. The van der Waals surface area contributed by atoms with Gasteiger partial charge >= 0.3 is 0 Å². The van der Waals surface area contributed by atoms with Gasteiger partial charge in [-0.05, 0) is 30.7 Å². The minimum absolute atomic E-state index is 0.0822. The summed E-state index contributed by atoms with van der Waals surface area (Å²) in [6, 6.07) is 15.2. The van der Waals surface area contributed by atoms with Gasteiger partial charge in [-0.1, -0.05) is 30.3 Å². The fourth-order valence-corrected chi connectivity index (χ4v) is 3.30. The van der Waals surface area contributed by atoms with Crippen LogP contribution in [0.2, 0.25) is 0 Å². The molecule has 0 aliphatic heterocycles. The van der Waals surface area contributed by atoms with Gasteiger partial charge in [0, 0.05) is 29.2 Å². The number of aromatic nitrogens is 1. The Kier molecular flexibility index (Phi) is 5.43. The van der Waals surface area contributed by atoms with Gasteiger partial charge in [0.1, 0.15) is 5.01 Å². The third-order valence-corrected chi connectivity index (χ3v) is 4.63. The molecule has 0 bridgehead atoms. The molecule has 0 aliphatic carbocycles. The third kappa shape index (κ3) is 4.55. The first-order valence-corrected chi connectivity index (χ1v) is 9.07. The van der Waals surface area contributed by atoms with Crippen LogP contribution in [0.25, 0.3) is 11.3 Å². The van der Waals surface area contributed by atoms with Gasteiger partial charge in [-0.3, -0.25) is 9.59 Å². The van der Waals surface area contributed by atoms with Crippen molar-refractivity contribution in [1.29, 1.82) is 0 Å². The summed E-state index contributed by atoms with van der Waals surface area (Å²) in [4.78, 5) is 27.9. The average molecular weight is 365 g/mol. The molecule has 0 radical (unpaired) electrons. The zero-order chi connectivity index (χ0) is 18.5. The SMILES string of the molecule is CC(=O)Nc1ccc(-c2csc(CC(=O)Nc3ccccc3C)n2)cc1. The summed E-state index contributed by atoms with van der Waals surface area (Å²) in [5, 5.41) is 8.35. The minimum atomic E-state index is -0.103. The first-order chi connectivity index (χ1) is 12.5. The summed E-state index contributed by atoms with van der Waals surface area (Å²) >= 11 is 1.46. The van der Waals surface area contributed by atoms with Crippen molar-refractivity contribution in [1.82, 2.24) is 4.98 Å². The van der Waals surface area contributed by atoms with Gasteiger partial charge in [-0.15, -0.1) is 11.3 Å². The molecule has 1 heterocycles. The monoisotopic (exact) mass is 365 g/mol. The van der Waals surface area contributed by atoms with E-state index in [4.69, 9.17) is 0 Å². The van der Waals surface area contributed by atoms with Gasteiger partial charge in [-0.2, -0.15) is 0 Å². The van der Waals surface area contributed by atoms with E-state index in [0.717, 1.165) is 33.2 Å². The molecule has 1 aromatic heterocycles. The highest BCUT2D eigenvalue weighted by Gasteiger charge is 2.10. The number of amides is 2. The van der Waals surface area contributed by atoms with Crippen LogP contribution in [-0.2, 0) is 16.0 Å². The van der Waals surface area contributed by atoms with E-state index in [0.29, 0.717) is 0 Å². The minimum Gasteiger partial charge on any atom is -0.326 e. The van der Waals surface area contributed by atoms with Crippen LogP contribution < -0.4 is 10.6 Å². The van der Waals surface area contributed by atoms with E-state index >= 15 is 0 Å². The molecule has 6 heteroatoms. The molecule has 26 heavy (non-hydrogen) atoms. The van der Waals surface area contributed by atoms with Crippen molar-refractivity contribution in [3.8, 4) is 11.3 Å². The second-order valence-corrected chi connectivity index (χ2v) is 6.87. The Bertz CT molecular complexity index is 932. The molecule has 2 N–H and O–H groups in total.